The topological polar surface area (TPSA) is 87.7 Å². The fourth-order valence-electron chi connectivity index (χ4n) is 1.46. The number of rotatable bonds is 3. The molecule has 1 amide bonds. The summed E-state index contributed by atoms with van der Waals surface area (Å²) in [6.45, 7) is 0. The van der Waals surface area contributed by atoms with Crippen molar-refractivity contribution in [2.24, 2.45) is 5.10 Å². The van der Waals surface area contributed by atoms with Gasteiger partial charge in [0.25, 0.3) is 5.91 Å². The highest BCUT2D eigenvalue weighted by atomic mass is 16.3. The highest BCUT2D eigenvalue weighted by molar-refractivity contribution is 5.95. The number of nitrogens with one attached hydrogen (secondary N) is 1. The summed E-state index contributed by atoms with van der Waals surface area (Å²) in [6.07, 6.45) is 1.38. The van der Waals surface area contributed by atoms with E-state index in [1.165, 1.54) is 6.21 Å². The van der Waals surface area contributed by atoms with Gasteiger partial charge in [-0.2, -0.15) is 5.10 Å². The zero-order valence-electron chi connectivity index (χ0n) is 10.1. The number of aromatic hydroxyl groups is 1. The lowest BCUT2D eigenvalue weighted by Crippen LogP contribution is -2.17. The van der Waals surface area contributed by atoms with Gasteiger partial charge in [0.2, 0.25) is 0 Å². The van der Waals surface area contributed by atoms with E-state index in [1.54, 1.807) is 48.5 Å². The summed E-state index contributed by atoms with van der Waals surface area (Å²) in [5, 5.41) is 13.3. The van der Waals surface area contributed by atoms with Crippen LogP contribution in [0.3, 0.4) is 0 Å². The average molecular weight is 255 g/mol. The predicted molar refractivity (Wildman–Crippen MR) is 74.0 cm³/mol. The first kappa shape index (κ1) is 12.6. The molecule has 96 valence electrons. The van der Waals surface area contributed by atoms with Gasteiger partial charge in [0, 0.05) is 16.8 Å². The number of anilines is 1. The van der Waals surface area contributed by atoms with Crippen LogP contribution in [0.5, 0.6) is 5.75 Å². The molecule has 0 bridgehead atoms. The van der Waals surface area contributed by atoms with E-state index in [9.17, 15) is 9.90 Å². The zero-order valence-corrected chi connectivity index (χ0v) is 10.1. The maximum Gasteiger partial charge on any atom is 0.271 e. The summed E-state index contributed by atoms with van der Waals surface area (Å²) >= 11 is 0. The van der Waals surface area contributed by atoms with Crippen LogP contribution in [0.1, 0.15) is 15.9 Å². The average Bonchev–Trinajstić information content (AvgIpc) is 2.41. The fraction of sp³-hybridized carbons (Fsp3) is 0. The highest BCUT2D eigenvalue weighted by Crippen LogP contribution is 2.12. The number of phenols is 1. The molecule has 0 saturated carbocycles. The Hall–Kier alpha value is -2.82. The third-order valence-corrected chi connectivity index (χ3v) is 2.48. The van der Waals surface area contributed by atoms with Crippen molar-refractivity contribution in [3.63, 3.8) is 0 Å². The van der Waals surface area contributed by atoms with Crippen molar-refractivity contribution in [3.05, 3.63) is 59.7 Å². The molecule has 0 radical (unpaired) electrons. The normalized spacial score (nSPS) is 10.5. The Kier molecular flexibility index (Phi) is 3.78. The minimum atomic E-state index is -0.341. The molecule has 0 aliphatic heterocycles. The van der Waals surface area contributed by atoms with Crippen molar-refractivity contribution in [1.29, 1.82) is 0 Å². The summed E-state index contributed by atoms with van der Waals surface area (Å²) in [5.74, 6) is -0.236. The Balaban J connectivity index is 2.01. The number of nitrogens with zero attached hydrogens (tertiary/aromatic N) is 1. The molecule has 2 aromatic rings. The summed E-state index contributed by atoms with van der Waals surface area (Å²) < 4.78 is 0. The number of hydrazone groups is 1. The first-order valence-electron chi connectivity index (χ1n) is 5.64. The molecule has 0 unspecified atom stereocenters. The van der Waals surface area contributed by atoms with Crippen LogP contribution < -0.4 is 11.2 Å². The number of carbonyl (C=O) groups excluding carboxylic acids is 1. The number of nitrogen functional groups attached to an aromatic ring is 1. The van der Waals surface area contributed by atoms with Gasteiger partial charge in [-0.3, -0.25) is 4.79 Å². The molecule has 0 atom stereocenters. The van der Waals surface area contributed by atoms with Crippen LogP contribution in [0, 0.1) is 0 Å². The summed E-state index contributed by atoms with van der Waals surface area (Å²) in [5.41, 5.74) is 9.48. The molecule has 5 nitrogen and oxygen atoms in total. The monoisotopic (exact) mass is 255 g/mol. The molecular weight excluding hydrogens is 242 g/mol. The van der Waals surface area contributed by atoms with Gasteiger partial charge in [-0.05, 0) is 36.4 Å². The van der Waals surface area contributed by atoms with Gasteiger partial charge in [-0.1, -0.05) is 12.1 Å². The van der Waals surface area contributed by atoms with Gasteiger partial charge in [-0.25, -0.2) is 5.43 Å². The largest absolute Gasteiger partial charge is 0.507 e. The molecule has 4 N–H and O–H groups in total. The van der Waals surface area contributed by atoms with Crippen LogP contribution in [-0.2, 0) is 0 Å². The Bertz CT molecular complexity index is 606. The van der Waals surface area contributed by atoms with Crippen molar-refractivity contribution in [2.75, 3.05) is 5.73 Å². The molecule has 0 heterocycles. The maximum absolute atomic E-state index is 11.7. The number of carbonyl (C=O) groups is 1. The predicted octanol–water partition coefficient (Wildman–Crippen LogP) is 1.74. The molecule has 2 rings (SSSR count). The first-order chi connectivity index (χ1) is 9.16. The van der Waals surface area contributed by atoms with Crippen LogP contribution in [0.15, 0.2) is 53.6 Å². The smallest absolute Gasteiger partial charge is 0.271 e. The Morgan fingerprint density at radius 1 is 1.16 bits per heavy atom. The minimum absolute atomic E-state index is 0.105. The lowest BCUT2D eigenvalue weighted by Gasteiger charge is -2.00. The molecule has 0 saturated heterocycles. The molecular formula is C14H13N3O2. The van der Waals surface area contributed by atoms with Crippen molar-refractivity contribution in [2.45, 2.75) is 0 Å². The highest BCUT2D eigenvalue weighted by Gasteiger charge is 2.03. The van der Waals surface area contributed by atoms with E-state index in [0.29, 0.717) is 16.8 Å². The summed E-state index contributed by atoms with van der Waals surface area (Å²) in [7, 11) is 0. The van der Waals surface area contributed by atoms with Gasteiger partial charge in [0.15, 0.2) is 0 Å². The number of hydrogen-bond donors (Lipinski definition) is 3. The second kappa shape index (κ2) is 5.68. The van der Waals surface area contributed by atoms with Crippen molar-refractivity contribution < 1.29 is 9.90 Å². The minimum Gasteiger partial charge on any atom is -0.507 e. The second-order valence-electron chi connectivity index (χ2n) is 3.88. The molecule has 0 aliphatic carbocycles. The van der Waals surface area contributed by atoms with Crippen molar-refractivity contribution >= 4 is 17.8 Å². The summed E-state index contributed by atoms with van der Waals surface area (Å²) in [6, 6.07) is 13.2. The Labute approximate surface area is 110 Å². The van der Waals surface area contributed by atoms with E-state index in [0.717, 1.165) is 0 Å². The third kappa shape index (κ3) is 3.32. The molecule has 2 aromatic carbocycles. The number of phenolic OH excluding ortho intramolecular Hbond substituents is 1. The SMILES string of the molecule is Nc1ccc(C(=O)NN=Cc2ccccc2O)cc1. The van der Waals surface area contributed by atoms with Gasteiger partial charge >= 0.3 is 0 Å². The van der Waals surface area contributed by atoms with Gasteiger partial charge in [-0.15, -0.1) is 0 Å². The van der Waals surface area contributed by atoms with Gasteiger partial charge in [0.1, 0.15) is 5.75 Å². The van der Waals surface area contributed by atoms with E-state index in [-0.39, 0.29) is 11.7 Å². The molecule has 0 fully saturated rings. The number of nitrogens with two attached hydrogens (primary N) is 1. The van der Waals surface area contributed by atoms with Crippen LogP contribution in [0.25, 0.3) is 0 Å². The molecule has 0 spiro atoms. The number of amides is 1. The van der Waals surface area contributed by atoms with E-state index in [1.807, 2.05) is 0 Å². The Morgan fingerprint density at radius 3 is 2.53 bits per heavy atom. The maximum atomic E-state index is 11.7. The second-order valence-corrected chi connectivity index (χ2v) is 3.88. The van der Waals surface area contributed by atoms with Crippen LogP contribution >= 0.6 is 0 Å². The lowest BCUT2D eigenvalue weighted by molar-refractivity contribution is 0.0955. The van der Waals surface area contributed by atoms with E-state index >= 15 is 0 Å². The van der Waals surface area contributed by atoms with E-state index in [2.05, 4.69) is 10.5 Å². The van der Waals surface area contributed by atoms with Crippen LogP contribution in [-0.4, -0.2) is 17.2 Å². The number of hydrogen-bond acceptors (Lipinski definition) is 4. The van der Waals surface area contributed by atoms with Crippen LogP contribution in [0.2, 0.25) is 0 Å². The standard InChI is InChI=1S/C14H13N3O2/c15-12-7-5-10(6-8-12)14(19)17-16-9-11-3-1-2-4-13(11)18/h1-9,18H,15H2,(H,17,19). The summed E-state index contributed by atoms with van der Waals surface area (Å²) in [4.78, 5) is 11.7. The quantitative estimate of drug-likeness (QED) is 0.443. The zero-order chi connectivity index (χ0) is 13.7. The fourth-order valence-corrected chi connectivity index (χ4v) is 1.46. The van der Waals surface area contributed by atoms with Gasteiger partial charge < -0.3 is 10.8 Å². The van der Waals surface area contributed by atoms with Crippen LogP contribution in [0.4, 0.5) is 5.69 Å². The molecule has 5 heteroatoms. The van der Waals surface area contributed by atoms with E-state index in [4.69, 9.17) is 5.73 Å². The van der Waals surface area contributed by atoms with Gasteiger partial charge in [0.05, 0.1) is 6.21 Å². The number of para-hydroxylation sites is 1. The third-order valence-electron chi connectivity index (χ3n) is 2.48. The molecule has 0 aliphatic rings. The Morgan fingerprint density at radius 2 is 1.84 bits per heavy atom. The molecule has 19 heavy (non-hydrogen) atoms. The lowest BCUT2D eigenvalue weighted by atomic mass is 10.2. The first-order valence-corrected chi connectivity index (χ1v) is 5.64. The van der Waals surface area contributed by atoms with Crippen molar-refractivity contribution in [1.82, 2.24) is 5.43 Å². The number of benzene rings is 2. The van der Waals surface area contributed by atoms with E-state index < -0.39 is 0 Å². The molecule has 0 aromatic heterocycles. The van der Waals surface area contributed by atoms with Crippen molar-refractivity contribution in [3.8, 4) is 5.75 Å².